The lowest BCUT2D eigenvalue weighted by Gasteiger charge is -2.33. The third kappa shape index (κ3) is 3.77. The summed E-state index contributed by atoms with van der Waals surface area (Å²) < 4.78 is 7.43. The monoisotopic (exact) mass is 334 g/mol. The lowest BCUT2D eigenvalue weighted by atomic mass is 9.86. The Morgan fingerprint density at radius 2 is 2.08 bits per heavy atom. The average molecular weight is 334 g/mol. The van der Waals surface area contributed by atoms with Crippen molar-refractivity contribution in [2.24, 2.45) is 17.6 Å². The van der Waals surface area contributed by atoms with Gasteiger partial charge in [0.1, 0.15) is 6.54 Å². The zero-order valence-electron chi connectivity index (χ0n) is 14.2. The molecule has 0 aliphatic carbocycles. The fraction of sp³-hybridized carbons (Fsp3) is 0.706. The van der Waals surface area contributed by atoms with Crippen LogP contribution in [0.15, 0.2) is 12.3 Å². The van der Waals surface area contributed by atoms with Gasteiger partial charge in [0.15, 0.2) is 0 Å². The highest BCUT2D eigenvalue weighted by Crippen LogP contribution is 2.30. The number of rotatable bonds is 5. The molecule has 0 radical (unpaired) electrons. The predicted octanol–water partition coefficient (Wildman–Crippen LogP) is 0.711. The molecule has 2 aliphatic rings. The summed E-state index contributed by atoms with van der Waals surface area (Å²) >= 11 is 0. The standard InChI is InChI=1S/C17H26N4O3/c1-12-2-6-19-21(12)11-16(22)20-7-3-13(4-8-20)10-15-14(17(18)23)5-9-24-15/h2,6,13-15H,3-5,7-11H2,1H3,(H2,18,23)/t14-,15-/m1/s1. The van der Waals surface area contributed by atoms with Gasteiger partial charge in [0, 0.05) is 31.6 Å². The minimum absolute atomic E-state index is 0.0403. The van der Waals surface area contributed by atoms with Gasteiger partial charge in [0.25, 0.3) is 0 Å². The molecule has 2 N–H and O–H groups in total. The molecule has 132 valence electrons. The third-order valence-electron chi connectivity index (χ3n) is 5.32. The number of nitrogens with two attached hydrogens (primary N) is 1. The van der Waals surface area contributed by atoms with Gasteiger partial charge >= 0.3 is 0 Å². The zero-order chi connectivity index (χ0) is 17.1. The third-order valence-corrected chi connectivity index (χ3v) is 5.32. The highest BCUT2D eigenvalue weighted by molar-refractivity contribution is 5.77. The second-order valence-corrected chi connectivity index (χ2v) is 6.90. The van der Waals surface area contributed by atoms with Crippen LogP contribution in [0.1, 0.15) is 31.4 Å². The van der Waals surface area contributed by atoms with Crippen molar-refractivity contribution in [1.29, 1.82) is 0 Å². The minimum Gasteiger partial charge on any atom is -0.377 e. The van der Waals surface area contributed by atoms with Crippen LogP contribution in [0.2, 0.25) is 0 Å². The van der Waals surface area contributed by atoms with E-state index in [4.69, 9.17) is 10.5 Å². The summed E-state index contributed by atoms with van der Waals surface area (Å²) in [7, 11) is 0. The number of likely N-dealkylation sites (tertiary alicyclic amines) is 1. The van der Waals surface area contributed by atoms with Gasteiger partial charge in [-0.25, -0.2) is 0 Å². The first-order valence-electron chi connectivity index (χ1n) is 8.71. The maximum absolute atomic E-state index is 12.4. The molecule has 0 bridgehead atoms. The summed E-state index contributed by atoms with van der Waals surface area (Å²) in [5, 5.41) is 4.17. The quantitative estimate of drug-likeness (QED) is 0.858. The Labute approximate surface area is 142 Å². The number of primary amides is 1. The van der Waals surface area contributed by atoms with Gasteiger partial charge in [-0.05, 0) is 44.6 Å². The van der Waals surface area contributed by atoms with Crippen LogP contribution >= 0.6 is 0 Å². The molecule has 7 heteroatoms. The molecule has 3 heterocycles. The number of hydrogen-bond acceptors (Lipinski definition) is 4. The second kappa shape index (κ2) is 7.34. The van der Waals surface area contributed by atoms with Gasteiger partial charge in [0.05, 0.1) is 12.0 Å². The molecule has 2 fully saturated rings. The van der Waals surface area contributed by atoms with Crippen LogP contribution in [-0.2, 0) is 20.9 Å². The summed E-state index contributed by atoms with van der Waals surface area (Å²) in [6.45, 7) is 4.40. The zero-order valence-corrected chi connectivity index (χ0v) is 14.2. The molecule has 2 saturated heterocycles. The molecule has 0 unspecified atom stereocenters. The van der Waals surface area contributed by atoms with E-state index in [0.29, 0.717) is 19.1 Å². The van der Waals surface area contributed by atoms with Crippen LogP contribution in [0.25, 0.3) is 0 Å². The SMILES string of the molecule is Cc1ccnn1CC(=O)N1CCC(C[C@H]2OCC[C@H]2C(N)=O)CC1. The average Bonchev–Trinajstić information content (AvgIpc) is 3.18. The number of aromatic nitrogens is 2. The molecule has 24 heavy (non-hydrogen) atoms. The minimum atomic E-state index is -0.250. The Morgan fingerprint density at radius 1 is 1.33 bits per heavy atom. The van der Waals surface area contributed by atoms with Crippen molar-refractivity contribution in [2.45, 2.75) is 45.3 Å². The van der Waals surface area contributed by atoms with Crippen molar-refractivity contribution in [1.82, 2.24) is 14.7 Å². The summed E-state index contributed by atoms with van der Waals surface area (Å²) in [6, 6.07) is 1.90. The molecule has 0 aromatic carbocycles. The molecule has 2 amide bonds. The maximum atomic E-state index is 12.4. The highest BCUT2D eigenvalue weighted by atomic mass is 16.5. The van der Waals surface area contributed by atoms with Crippen LogP contribution < -0.4 is 5.73 Å². The van der Waals surface area contributed by atoms with E-state index in [1.165, 1.54) is 0 Å². The molecule has 1 aromatic heterocycles. The number of carbonyl (C=O) groups is 2. The molecule has 0 spiro atoms. The Balaban J connectivity index is 1.46. The first-order valence-corrected chi connectivity index (χ1v) is 8.71. The Hall–Kier alpha value is -1.89. The van der Waals surface area contributed by atoms with E-state index in [1.54, 1.807) is 10.9 Å². The van der Waals surface area contributed by atoms with Crippen molar-refractivity contribution in [3.63, 3.8) is 0 Å². The van der Waals surface area contributed by atoms with Gasteiger partial charge in [0.2, 0.25) is 11.8 Å². The van der Waals surface area contributed by atoms with E-state index < -0.39 is 0 Å². The van der Waals surface area contributed by atoms with Crippen LogP contribution in [0.5, 0.6) is 0 Å². The van der Waals surface area contributed by atoms with Crippen molar-refractivity contribution >= 4 is 11.8 Å². The van der Waals surface area contributed by atoms with Crippen molar-refractivity contribution in [3.8, 4) is 0 Å². The summed E-state index contributed by atoms with van der Waals surface area (Å²) in [4.78, 5) is 25.8. The molecule has 1 aromatic rings. The van der Waals surface area contributed by atoms with E-state index >= 15 is 0 Å². The Morgan fingerprint density at radius 3 is 2.71 bits per heavy atom. The maximum Gasteiger partial charge on any atom is 0.244 e. The Bertz CT molecular complexity index is 592. The molecule has 2 aliphatic heterocycles. The molecular weight excluding hydrogens is 308 g/mol. The molecule has 3 rings (SSSR count). The number of carbonyl (C=O) groups excluding carboxylic acids is 2. The van der Waals surface area contributed by atoms with Crippen LogP contribution in [0.3, 0.4) is 0 Å². The number of nitrogens with zero attached hydrogens (tertiary/aromatic N) is 3. The fourth-order valence-corrected chi connectivity index (χ4v) is 3.75. The van der Waals surface area contributed by atoms with Gasteiger partial charge in [-0.3, -0.25) is 14.3 Å². The van der Waals surface area contributed by atoms with Crippen LogP contribution in [-0.4, -0.2) is 52.3 Å². The van der Waals surface area contributed by atoms with E-state index in [9.17, 15) is 9.59 Å². The number of hydrogen-bond donors (Lipinski definition) is 1. The second-order valence-electron chi connectivity index (χ2n) is 6.90. The van der Waals surface area contributed by atoms with Crippen molar-refractivity contribution in [3.05, 3.63) is 18.0 Å². The number of amides is 2. The van der Waals surface area contributed by atoms with E-state index in [2.05, 4.69) is 5.10 Å². The van der Waals surface area contributed by atoms with Crippen LogP contribution in [0.4, 0.5) is 0 Å². The fourth-order valence-electron chi connectivity index (χ4n) is 3.75. The number of piperidine rings is 1. The van der Waals surface area contributed by atoms with E-state index in [1.807, 2.05) is 17.9 Å². The predicted molar refractivity (Wildman–Crippen MR) is 87.9 cm³/mol. The molecule has 2 atom stereocenters. The van der Waals surface area contributed by atoms with Crippen LogP contribution in [0, 0.1) is 18.8 Å². The number of aryl methyl sites for hydroxylation is 1. The topological polar surface area (TPSA) is 90.4 Å². The smallest absolute Gasteiger partial charge is 0.244 e. The first kappa shape index (κ1) is 17.0. The lowest BCUT2D eigenvalue weighted by Crippen LogP contribution is -2.41. The van der Waals surface area contributed by atoms with Gasteiger partial charge < -0.3 is 15.4 Å². The normalized spacial score (nSPS) is 25.1. The first-order chi connectivity index (χ1) is 11.5. The largest absolute Gasteiger partial charge is 0.377 e. The summed E-state index contributed by atoms with van der Waals surface area (Å²) in [6.07, 6.45) is 5.19. The van der Waals surface area contributed by atoms with Gasteiger partial charge in [-0.2, -0.15) is 5.10 Å². The summed E-state index contributed by atoms with van der Waals surface area (Å²) in [5.74, 6) is 0.213. The van der Waals surface area contributed by atoms with Crippen molar-refractivity contribution in [2.75, 3.05) is 19.7 Å². The molecule has 0 saturated carbocycles. The van der Waals surface area contributed by atoms with Crippen molar-refractivity contribution < 1.29 is 14.3 Å². The van der Waals surface area contributed by atoms with Gasteiger partial charge in [-0.15, -0.1) is 0 Å². The van der Waals surface area contributed by atoms with E-state index in [-0.39, 0.29) is 23.8 Å². The molecular formula is C17H26N4O3. The highest BCUT2D eigenvalue weighted by Gasteiger charge is 2.35. The van der Waals surface area contributed by atoms with Gasteiger partial charge in [-0.1, -0.05) is 0 Å². The Kier molecular flexibility index (Phi) is 5.18. The lowest BCUT2D eigenvalue weighted by molar-refractivity contribution is -0.133. The molecule has 7 nitrogen and oxygen atoms in total. The van der Waals surface area contributed by atoms with E-state index in [0.717, 1.165) is 44.5 Å². The summed E-state index contributed by atoms with van der Waals surface area (Å²) in [5.41, 5.74) is 6.45. The number of ether oxygens (including phenoxy) is 1.